The molecule has 18 heavy (non-hydrogen) atoms. The molecule has 0 aromatic heterocycles. The molecule has 0 saturated carbocycles. The lowest BCUT2D eigenvalue weighted by atomic mass is 10.3. The zero-order chi connectivity index (χ0) is 13.3. The Morgan fingerprint density at radius 3 is 2.89 bits per heavy atom. The van der Waals surface area contributed by atoms with Crippen molar-refractivity contribution in [1.82, 2.24) is 0 Å². The van der Waals surface area contributed by atoms with Gasteiger partial charge < -0.3 is 10.1 Å². The highest BCUT2D eigenvalue weighted by molar-refractivity contribution is 9.10. The molecular weight excluding hydrogens is 342 g/mol. The number of esters is 1. The van der Waals surface area contributed by atoms with Gasteiger partial charge in [0.2, 0.25) is 0 Å². The van der Waals surface area contributed by atoms with Gasteiger partial charge in [0.15, 0.2) is 0 Å². The molecule has 7 heteroatoms. The summed E-state index contributed by atoms with van der Waals surface area (Å²) >= 11 is 10.3. The van der Waals surface area contributed by atoms with Crippen molar-refractivity contribution in [1.29, 1.82) is 0 Å². The number of hydrogen-bond donors (Lipinski definition) is 1. The Kier molecular flexibility index (Phi) is 3.99. The molecule has 1 aromatic carbocycles. The number of benzene rings is 1. The number of thioether (sulfide) groups is 1. The van der Waals surface area contributed by atoms with Gasteiger partial charge in [0.25, 0.3) is 5.91 Å². The summed E-state index contributed by atoms with van der Waals surface area (Å²) < 4.78 is 5.37. The van der Waals surface area contributed by atoms with Crippen molar-refractivity contribution in [2.24, 2.45) is 0 Å². The van der Waals surface area contributed by atoms with E-state index in [2.05, 4.69) is 26.0 Å². The van der Waals surface area contributed by atoms with Crippen LogP contribution in [0.5, 0.6) is 0 Å². The summed E-state index contributed by atoms with van der Waals surface area (Å²) in [6.45, 7) is 0. The van der Waals surface area contributed by atoms with E-state index < -0.39 is 11.9 Å². The van der Waals surface area contributed by atoms with Crippen molar-refractivity contribution in [3.63, 3.8) is 0 Å². The minimum Gasteiger partial charge on any atom is -0.465 e. The molecule has 0 bridgehead atoms. The number of fused-ring (bicyclic) bond motifs is 1. The second-order valence-electron chi connectivity index (χ2n) is 3.33. The third-order valence-electron chi connectivity index (χ3n) is 2.17. The third kappa shape index (κ3) is 2.55. The van der Waals surface area contributed by atoms with E-state index in [0.29, 0.717) is 5.69 Å². The molecule has 0 fully saturated rings. The number of rotatable bonds is 1. The summed E-state index contributed by atoms with van der Waals surface area (Å²) in [5, 5.41) is 2.45. The number of nitrogens with one attached hydrogen (secondary N) is 1. The van der Waals surface area contributed by atoms with Gasteiger partial charge in [-0.1, -0.05) is 39.3 Å². The second kappa shape index (κ2) is 5.34. The normalized spacial score (nSPS) is 16.7. The molecule has 4 nitrogen and oxygen atoms in total. The Labute approximate surface area is 121 Å². The fourth-order valence-electron chi connectivity index (χ4n) is 1.35. The topological polar surface area (TPSA) is 55.4 Å². The van der Waals surface area contributed by atoms with Gasteiger partial charge in [0.05, 0.1) is 12.8 Å². The molecule has 2 rings (SSSR count). The minimum atomic E-state index is -0.729. The molecule has 1 amide bonds. The van der Waals surface area contributed by atoms with Crippen LogP contribution in [0.2, 0.25) is 0 Å². The number of anilines is 1. The van der Waals surface area contributed by atoms with E-state index in [9.17, 15) is 9.59 Å². The maximum absolute atomic E-state index is 11.8. The maximum atomic E-state index is 11.8. The van der Waals surface area contributed by atoms with Gasteiger partial charge in [-0.3, -0.25) is 4.79 Å². The average molecular weight is 349 g/mol. The molecule has 0 aliphatic carbocycles. The van der Waals surface area contributed by atoms with Gasteiger partial charge >= 0.3 is 5.97 Å². The largest absolute Gasteiger partial charge is 0.465 e. The predicted octanol–water partition coefficient (Wildman–Crippen LogP) is 3.12. The van der Waals surface area contributed by atoms with E-state index in [1.165, 1.54) is 7.11 Å². The molecule has 1 aromatic rings. The fourth-order valence-corrected chi connectivity index (χ4v) is 3.09. The van der Waals surface area contributed by atoms with Crippen LogP contribution in [0.15, 0.2) is 37.5 Å². The number of carbonyl (C=O) groups is 2. The van der Waals surface area contributed by atoms with Crippen LogP contribution in [-0.4, -0.2) is 19.0 Å². The monoisotopic (exact) mass is 347 g/mol. The third-order valence-corrected chi connectivity index (χ3v) is 4.27. The van der Waals surface area contributed by atoms with Crippen molar-refractivity contribution >= 4 is 56.9 Å². The van der Waals surface area contributed by atoms with Crippen LogP contribution in [0.4, 0.5) is 5.69 Å². The van der Waals surface area contributed by atoms with Crippen LogP contribution in [0.1, 0.15) is 0 Å². The first-order valence-corrected chi connectivity index (χ1v) is 6.78. The molecule has 1 N–H and O–H groups in total. The van der Waals surface area contributed by atoms with Crippen LogP contribution in [-0.2, 0) is 14.3 Å². The lowest BCUT2D eigenvalue weighted by molar-refractivity contribution is -0.135. The number of methoxy groups -OCH3 is 1. The molecular formula is C11H7BrClNO3S. The van der Waals surface area contributed by atoms with Crippen LogP contribution in [0.3, 0.4) is 0 Å². The van der Waals surface area contributed by atoms with Crippen LogP contribution >= 0.6 is 39.3 Å². The number of carbonyl (C=O) groups excluding carboxylic acids is 2. The summed E-state index contributed by atoms with van der Waals surface area (Å²) in [7, 11) is 1.21. The summed E-state index contributed by atoms with van der Waals surface area (Å²) in [6, 6.07) is 5.42. The van der Waals surface area contributed by atoms with Crippen LogP contribution < -0.4 is 5.32 Å². The molecule has 1 aliphatic heterocycles. The van der Waals surface area contributed by atoms with Gasteiger partial charge in [0, 0.05) is 9.37 Å². The summed E-state index contributed by atoms with van der Waals surface area (Å²) in [5.74, 6) is -1.14. The lowest BCUT2D eigenvalue weighted by Gasteiger charge is -2.19. The minimum absolute atomic E-state index is 0.133. The Hall–Kier alpha value is -0.980. The number of hydrogen-bond acceptors (Lipinski definition) is 4. The molecule has 1 heterocycles. The quantitative estimate of drug-likeness (QED) is 0.626. The van der Waals surface area contributed by atoms with Crippen molar-refractivity contribution in [2.75, 3.05) is 12.4 Å². The van der Waals surface area contributed by atoms with E-state index in [0.717, 1.165) is 21.1 Å². The Bertz CT molecular complexity index is 573. The summed E-state index contributed by atoms with van der Waals surface area (Å²) in [6.07, 6.45) is 0. The molecule has 0 radical (unpaired) electrons. The molecule has 94 valence electrons. The first-order chi connectivity index (χ1) is 8.52. The van der Waals surface area contributed by atoms with E-state index >= 15 is 0 Å². The van der Waals surface area contributed by atoms with Crippen molar-refractivity contribution in [3.05, 3.63) is 32.6 Å². The van der Waals surface area contributed by atoms with Crippen molar-refractivity contribution < 1.29 is 14.3 Å². The van der Waals surface area contributed by atoms with E-state index in [4.69, 9.17) is 11.6 Å². The van der Waals surface area contributed by atoms with Gasteiger partial charge in [-0.15, -0.1) is 0 Å². The van der Waals surface area contributed by atoms with Gasteiger partial charge in [0.1, 0.15) is 9.94 Å². The molecule has 0 spiro atoms. The van der Waals surface area contributed by atoms with E-state index in [1.807, 2.05) is 12.1 Å². The average Bonchev–Trinajstić information content (AvgIpc) is 2.36. The summed E-state index contributed by atoms with van der Waals surface area (Å²) in [4.78, 5) is 24.1. The van der Waals surface area contributed by atoms with Crippen LogP contribution in [0, 0.1) is 0 Å². The van der Waals surface area contributed by atoms with Crippen molar-refractivity contribution in [3.8, 4) is 0 Å². The van der Waals surface area contributed by atoms with Crippen LogP contribution in [0.25, 0.3) is 0 Å². The molecule has 0 unspecified atom stereocenters. The fraction of sp³-hybridized carbons (Fsp3) is 0.0909. The zero-order valence-electron chi connectivity index (χ0n) is 9.12. The maximum Gasteiger partial charge on any atom is 0.350 e. The molecule has 0 saturated heterocycles. The summed E-state index contributed by atoms with van der Waals surface area (Å²) in [5.41, 5.74) is 0.686. The highest BCUT2D eigenvalue weighted by Gasteiger charge is 2.27. The van der Waals surface area contributed by atoms with Gasteiger partial charge in [-0.25, -0.2) is 4.79 Å². The van der Waals surface area contributed by atoms with E-state index in [-0.39, 0.29) is 9.94 Å². The second-order valence-corrected chi connectivity index (χ2v) is 5.68. The van der Waals surface area contributed by atoms with Crippen molar-refractivity contribution in [2.45, 2.75) is 4.90 Å². The van der Waals surface area contributed by atoms with E-state index in [1.54, 1.807) is 6.07 Å². The first kappa shape index (κ1) is 13.5. The van der Waals surface area contributed by atoms with Gasteiger partial charge in [-0.05, 0) is 18.2 Å². The SMILES string of the molecule is COC(=O)C(Cl)=C1Sc2cc(Br)ccc2NC1=O. The predicted molar refractivity (Wildman–Crippen MR) is 73.5 cm³/mol. The molecule has 1 aliphatic rings. The number of ether oxygens (including phenoxy) is 1. The molecule has 0 atom stereocenters. The highest BCUT2D eigenvalue weighted by atomic mass is 79.9. The smallest absolute Gasteiger partial charge is 0.350 e. The number of amides is 1. The standard InChI is InChI=1S/C11H7BrClNO3S/c1-17-11(16)8(13)9-10(15)14-6-3-2-5(12)4-7(6)18-9/h2-4H,1H3,(H,14,15). The lowest BCUT2D eigenvalue weighted by Crippen LogP contribution is -2.20. The Balaban J connectivity index is 2.44. The van der Waals surface area contributed by atoms with Gasteiger partial charge in [-0.2, -0.15) is 0 Å². The zero-order valence-corrected chi connectivity index (χ0v) is 12.3. The highest BCUT2D eigenvalue weighted by Crippen LogP contribution is 2.41. The Morgan fingerprint density at radius 1 is 1.50 bits per heavy atom. The Morgan fingerprint density at radius 2 is 2.22 bits per heavy atom. The number of halogens is 2. The first-order valence-electron chi connectivity index (χ1n) is 4.79.